The smallest absolute Gasteiger partial charge is 0.345 e. The summed E-state index contributed by atoms with van der Waals surface area (Å²) in [4.78, 5) is 31.3. The minimum absolute atomic E-state index is 0.240. The van der Waals surface area contributed by atoms with Crippen molar-refractivity contribution in [2.45, 2.75) is 18.7 Å². The van der Waals surface area contributed by atoms with E-state index in [9.17, 15) is 14.7 Å². The summed E-state index contributed by atoms with van der Waals surface area (Å²) in [5, 5.41) is 15.0. The third kappa shape index (κ3) is 2.15. The van der Waals surface area contributed by atoms with Gasteiger partial charge in [-0.15, -0.1) is 0 Å². The maximum Gasteiger partial charge on any atom is 0.345 e. The average Bonchev–Trinajstić information content (AvgIpc) is 3.07. The van der Waals surface area contributed by atoms with E-state index in [1.807, 2.05) is 30.3 Å². The number of aromatic nitrogens is 2. The number of urea groups is 1. The van der Waals surface area contributed by atoms with Crippen LogP contribution in [-0.4, -0.2) is 43.4 Å². The van der Waals surface area contributed by atoms with Crippen molar-refractivity contribution in [3.05, 3.63) is 53.3 Å². The van der Waals surface area contributed by atoms with Crippen LogP contribution in [0.4, 0.5) is 4.79 Å². The Kier molecular flexibility index (Phi) is 3.27. The standard InChI is InChI=1S/C16H16N4O4/c1-18-7-11-12-8-19(14(15(21)22)13(11)17-18)16(23)20(12)24-9-10-5-3-2-4-6-10/h2-7,12,14H,8-9H2,1H3,(H,21,22). The molecule has 3 heterocycles. The molecule has 0 saturated carbocycles. The fraction of sp³-hybridized carbons (Fsp3) is 0.312. The molecule has 0 radical (unpaired) electrons. The normalized spacial score (nSPS) is 22.0. The van der Waals surface area contributed by atoms with Gasteiger partial charge in [-0.2, -0.15) is 10.2 Å². The van der Waals surface area contributed by atoms with Crippen LogP contribution in [0.15, 0.2) is 36.5 Å². The Labute approximate surface area is 137 Å². The van der Waals surface area contributed by atoms with E-state index >= 15 is 0 Å². The number of carbonyl (C=O) groups excluding carboxylic acids is 1. The van der Waals surface area contributed by atoms with Crippen LogP contribution in [0, 0.1) is 0 Å². The van der Waals surface area contributed by atoms with E-state index < -0.39 is 18.0 Å². The lowest BCUT2D eigenvalue weighted by Gasteiger charge is -2.26. The molecule has 1 aromatic carbocycles. The maximum atomic E-state index is 12.6. The Morgan fingerprint density at radius 2 is 2.12 bits per heavy atom. The van der Waals surface area contributed by atoms with Crippen LogP contribution in [0.1, 0.15) is 28.9 Å². The molecule has 1 aromatic heterocycles. The van der Waals surface area contributed by atoms with Gasteiger partial charge in [-0.05, 0) is 5.56 Å². The second kappa shape index (κ2) is 5.34. The van der Waals surface area contributed by atoms with Gasteiger partial charge in [-0.1, -0.05) is 30.3 Å². The molecule has 124 valence electrons. The van der Waals surface area contributed by atoms with E-state index in [1.54, 1.807) is 17.9 Å². The molecule has 8 nitrogen and oxygen atoms in total. The third-order valence-electron chi connectivity index (χ3n) is 4.35. The van der Waals surface area contributed by atoms with Gasteiger partial charge in [0.05, 0.1) is 6.54 Å². The summed E-state index contributed by atoms with van der Waals surface area (Å²) in [6, 6.07) is 7.64. The van der Waals surface area contributed by atoms with E-state index in [0.717, 1.165) is 11.1 Å². The largest absolute Gasteiger partial charge is 0.479 e. The van der Waals surface area contributed by atoms with Crippen molar-refractivity contribution in [2.75, 3.05) is 6.54 Å². The van der Waals surface area contributed by atoms with Crippen molar-refractivity contribution in [3.8, 4) is 0 Å². The number of fused-ring (bicyclic) bond motifs is 4. The zero-order valence-corrected chi connectivity index (χ0v) is 13.0. The van der Waals surface area contributed by atoms with E-state index in [-0.39, 0.29) is 19.2 Å². The molecule has 2 unspecified atom stereocenters. The molecule has 2 aliphatic rings. The van der Waals surface area contributed by atoms with Gasteiger partial charge in [0, 0.05) is 18.8 Å². The molecule has 0 spiro atoms. The molecule has 4 rings (SSSR count). The molecule has 2 aliphatic heterocycles. The molecule has 8 heteroatoms. The molecular weight excluding hydrogens is 312 g/mol. The maximum absolute atomic E-state index is 12.6. The van der Waals surface area contributed by atoms with Gasteiger partial charge >= 0.3 is 12.0 Å². The lowest BCUT2D eigenvalue weighted by Crippen LogP contribution is -2.38. The summed E-state index contributed by atoms with van der Waals surface area (Å²) in [5.74, 6) is -1.09. The minimum atomic E-state index is -1.09. The molecule has 1 N–H and O–H groups in total. The van der Waals surface area contributed by atoms with Crippen LogP contribution in [0.25, 0.3) is 0 Å². The van der Waals surface area contributed by atoms with Gasteiger partial charge in [-0.3, -0.25) is 9.52 Å². The SMILES string of the molecule is Cn1cc2c(n1)C(C(=O)O)N1CC2N(OCc2ccccc2)C1=O. The summed E-state index contributed by atoms with van der Waals surface area (Å²) in [5.41, 5.74) is 2.06. The van der Waals surface area contributed by atoms with Gasteiger partial charge in [0.25, 0.3) is 0 Å². The molecule has 2 aromatic rings. The fourth-order valence-electron chi connectivity index (χ4n) is 3.29. The first-order chi connectivity index (χ1) is 11.6. The fourth-order valence-corrected chi connectivity index (χ4v) is 3.29. The minimum Gasteiger partial charge on any atom is -0.479 e. The zero-order chi connectivity index (χ0) is 16.8. The third-order valence-corrected chi connectivity index (χ3v) is 4.35. The van der Waals surface area contributed by atoms with Crippen molar-refractivity contribution < 1.29 is 19.5 Å². The molecule has 2 atom stereocenters. The predicted molar refractivity (Wildman–Crippen MR) is 81.5 cm³/mol. The van der Waals surface area contributed by atoms with Crippen LogP contribution in [0.5, 0.6) is 0 Å². The highest BCUT2D eigenvalue weighted by Crippen LogP contribution is 2.43. The van der Waals surface area contributed by atoms with Gasteiger partial charge in [0.1, 0.15) is 18.3 Å². The van der Waals surface area contributed by atoms with E-state index in [4.69, 9.17) is 4.84 Å². The van der Waals surface area contributed by atoms with Gasteiger partial charge in [-0.25, -0.2) is 9.59 Å². The second-order valence-electron chi connectivity index (χ2n) is 5.92. The van der Waals surface area contributed by atoms with Crippen molar-refractivity contribution in [3.63, 3.8) is 0 Å². The second-order valence-corrected chi connectivity index (χ2v) is 5.92. The summed E-state index contributed by atoms with van der Waals surface area (Å²) < 4.78 is 1.57. The number of aryl methyl sites for hydroxylation is 1. The highest BCUT2D eigenvalue weighted by atomic mass is 16.7. The van der Waals surface area contributed by atoms with E-state index in [2.05, 4.69) is 5.10 Å². The Bertz CT molecular complexity index is 804. The average molecular weight is 328 g/mol. The number of hydrogen-bond acceptors (Lipinski definition) is 4. The first-order valence-electron chi connectivity index (χ1n) is 7.59. The Morgan fingerprint density at radius 3 is 2.83 bits per heavy atom. The molecular formula is C16H16N4O4. The van der Waals surface area contributed by atoms with Crippen LogP contribution in [0.3, 0.4) is 0 Å². The lowest BCUT2D eigenvalue weighted by molar-refractivity contribution is -0.143. The molecule has 2 bridgehead atoms. The van der Waals surface area contributed by atoms with Crippen molar-refractivity contribution in [1.82, 2.24) is 19.7 Å². The number of carbonyl (C=O) groups is 2. The molecule has 2 amide bonds. The first kappa shape index (κ1) is 14.7. The monoisotopic (exact) mass is 328 g/mol. The van der Waals surface area contributed by atoms with Crippen molar-refractivity contribution in [2.24, 2.45) is 7.05 Å². The molecule has 1 saturated heterocycles. The van der Waals surface area contributed by atoms with Gasteiger partial charge in [0.15, 0.2) is 6.04 Å². The molecule has 1 fully saturated rings. The summed E-state index contributed by atoms with van der Waals surface area (Å²) >= 11 is 0. The highest BCUT2D eigenvalue weighted by molar-refractivity contribution is 5.86. The predicted octanol–water partition coefficient (Wildman–Crippen LogP) is 1.47. The quantitative estimate of drug-likeness (QED) is 0.918. The number of benzene rings is 1. The van der Waals surface area contributed by atoms with E-state index in [1.165, 1.54) is 9.96 Å². The number of amides is 2. The van der Waals surface area contributed by atoms with Crippen molar-refractivity contribution in [1.29, 1.82) is 0 Å². The number of nitrogens with zero attached hydrogens (tertiary/aromatic N) is 4. The number of hydroxylamine groups is 2. The van der Waals surface area contributed by atoms with Crippen LogP contribution in [0.2, 0.25) is 0 Å². The number of aliphatic carboxylic acids is 1. The number of carboxylic acid groups (broad SMARTS) is 1. The number of hydrogen-bond donors (Lipinski definition) is 1. The van der Waals surface area contributed by atoms with E-state index in [0.29, 0.717) is 5.69 Å². The topological polar surface area (TPSA) is 87.9 Å². The summed E-state index contributed by atoms with van der Waals surface area (Å²) in [7, 11) is 1.73. The zero-order valence-electron chi connectivity index (χ0n) is 13.0. The number of carboxylic acids is 1. The summed E-state index contributed by atoms with van der Waals surface area (Å²) in [6.07, 6.45) is 1.75. The van der Waals surface area contributed by atoms with Crippen LogP contribution >= 0.6 is 0 Å². The van der Waals surface area contributed by atoms with Crippen molar-refractivity contribution >= 4 is 12.0 Å². The van der Waals surface area contributed by atoms with Crippen LogP contribution in [-0.2, 0) is 23.3 Å². The Morgan fingerprint density at radius 1 is 1.38 bits per heavy atom. The first-order valence-corrected chi connectivity index (χ1v) is 7.59. The Balaban J connectivity index is 1.64. The molecule has 24 heavy (non-hydrogen) atoms. The molecule has 0 aliphatic carbocycles. The number of rotatable bonds is 4. The van der Waals surface area contributed by atoms with Gasteiger partial charge < -0.3 is 10.0 Å². The Hall–Kier alpha value is -2.87. The van der Waals surface area contributed by atoms with Crippen LogP contribution < -0.4 is 0 Å². The van der Waals surface area contributed by atoms with Gasteiger partial charge in [0.2, 0.25) is 0 Å². The highest BCUT2D eigenvalue weighted by Gasteiger charge is 2.52. The summed E-state index contributed by atoms with van der Waals surface area (Å²) in [6.45, 7) is 0.521. The lowest BCUT2D eigenvalue weighted by atomic mass is 9.98.